The molecular weight excluding hydrogens is 180 g/mol. The van der Waals surface area contributed by atoms with Crippen LogP contribution in [0.2, 0.25) is 0 Å². The Hall–Kier alpha value is -1.29. The minimum atomic E-state index is 0.237. The van der Waals surface area contributed by atoms with Gasteiger partial charge in [-0.15, -0.1) is 0 Å². The first-order chi connectivity index (χ1) is 6.79. The topological polar surface area (TPSA) is 59.5 Å². The first kappa shape index (κ1) is 9.27. The summed E-state index contributed by atoms with van der Waals surface area (Å²) < 4.78 is 5.20. The molecule has 2 rings (SSSR count). The van der Waals surface area contributed by atoms with Crippen LogP contribution in [0.3, 0.4) is 0 Å². The lowest BCUT2D eigenvalue weighted by molar-refractivity contribution is -0.128. The second kappa shape index (κ2) is 3.84. The second-order valence-electron chi connectivity index (χ2n) is 3.54. The largest absolute Gasteiger partial charge is 0.468 e. The molecule has 0 aromatic carbocycles. The number of nitrogens with zero attached hydrogens (tertiary/aromatic N) is 1. The van der Waals surface area contributed by atoms with E-state index in [0.717, 1.165) is 24.3 Å². The molecule has 4 nitrogen and oxygen atoms in total. The fraction of sp³-hybridized carbons (Fsp3) is 0.500. The summed E-state index contributed by atoms with van der Waals surface area (Å²) in [4.78, 5) is 13.2. The fourth-order valence-electron chi connectivity index (χ4n) is 1.71. The summed E-state index contributed by atoms with van der Waals surface area (Å²) in [5.74, 6) is 1.01. The van der Waals surface area contributed by atoms with Crippen LogP contribution in [0.15, 0.2) is 16.7 Å². The van der Waals surface area contributed by atoms with E-state index >= 15 is 0 Å². The van der Waals surface area contributed by atoms with E-state index in [-0.39, 0.29) is 5.91 Å². The van der Waals surface area contributed by atoms with Crippen LogP contribution in [0.5, 0.6) is 0 Å². The molecule has 2 heterocycles. The van der Waals surface area contributed by atoms with Gasteiger partial charge < -0.3 is 15.1 Å². The van der Waals surface area contributed by atoms with Crippen LogP contribution in [-0.4, -0.2) is 17.4 Å². The average Bonchev–Trinajstić information content (AvgIpc) is 2.77. The maximum atomic E-state index is 11.3. The molecule has 0 bridgehead atoms. The van der Waals surface area contributed by atoms with Gasteiger partial charge in [-0.05, 0) is 12.5 Å². The van der Waals surface area contributed by atoms with Gasteiger partial charge in [-0.25, -0.2) is 0 Å². The van der Waals surface area contributed by atoms with Crippen molar-refractivity contribution < 1.29 is 9.21 Å². The minimum absolute atomic E-state index is 0.237. The third kappa shape index (κ3) is 1.80. The molecule has 1 fully saturated rings. The van der Waals surface area contributed by atoms with Gasteiger partial charge in [0.05, 0.1) is 12.8 Å². The highest BCUT2D eigenvalue weighted by Crippen LogP contribution is 2.15. The molecule has 14 heavy (non-hydrogen) atoms. The summed E-state index contributed by atoms with van der Waals surface area (Å²) in [5.41, 5.74) is 6.45. The van der Waals surface area contributed by atoms with Crippen molar-refractivity contribution in [2.45, 2.75) is 25.9 Å². The molecule has 0 unspecified atom stereocenters. The third-order valence-electron chi connectivity index (χ3n) is 2.45. The van der Waals surface area contributed by atoms with Crippen molar-refractivity contribution >= 4 is 5.91 Å². The Morgan fingerprint density at radius 3 is 3.00 bits per heavy atom. The number of likely N-dealkylation sites (tertiary alicyclic amines) is 1. The number of amides is 1. The van der Waals surface area contributed by atoms with Gasteiger partial charge in [0.1, 0.15) is 5.76 Å². The van der Waals surface area contributed by atoms with Crippen molar-refractivity contribution in [3.8, 4) is 0 Å². The van der Waals surface area contributed by atoms with Crippen LogP contribution >= 0.6 is 0 Å². The lowest BCUT2D eigenvalue weighted by atomic mass is 10.3. The molecule has 0 spiro atoms. The number of furan rings is 1. The molecule has 0 atom stereocenters. The van der Waals surface area contributed by atoms with E-state index in [1.165, 1.54) is 0 Å². The summed E-state index contributed by atoms with van der Waals surface area (Å²) in [6.45, 7) is 1.93. The average molecular weight is 194 g/mol. The molecule has 1 saturated heterocycles. The van der Waals surface area contributed by atoms with E-state index in [0.29, 0.717) is 19.5 Å². The molecule has 0 saturated carbocycles. The zero-order valence-corrected chi connectivity index (χ0v) is 8.03. The predicted molar refractivity (Wildman–Crippen MR) is 51.3 cm³/mol. The first-order valence-electron chi connectivity index (χ1n) is 4.83. The molecule has 4 heteroatoms. The number of rotatable bonds is 3. The number of hydrogen-bond acceptors (Lipinski definition) is 3. The molecule has 76 valence electrons. The van der Waals surface area contributed by atoms with Gasteiger partial charge in [0, 0.05) is 25.1 Å². The van der Waals surface area contributed by atoms with Crippen molar-refractivity contribution in [2.75, 3.05) is 6.54 Å². The standard InChI is InChI=1S/C10H14N2O2/c11-5-9-4-8(7-14-9)6-12-3-1-2-10(12)13/h4,7H,1-3,5-6,11H2. The quantitative estimate of drug-likeness (QED) is 0.776. The third-order valence-corrected chi connectivity index (χ3v) is 2.45. The summed E-state index contributed by atoms with van der Waals surface area (Å²) in [5, 5.41) is 0. The summed E-state index contributed by atoms with van der Waals surface area (Å²) in [7, 11) is 0. The Bertz CT molecular complexity index is 333. The van der Waals surface area contributed by atoms with Crippen molar-refractivity contribution in [3.63, 3.8) is 0 Å². The van der Waals surface area contributed by atoms with Gasteiger partial charge in [-0.3, -0.25) is 4.79 Å². The lowest BCUT2D eigenvalue weighted by Crippen LogP contribution is -2.23. The molecular formula is C10H14N2O2. The molecule has 0 aliphatic carbocycles. The fourth-order valence-corrected chi connectivity index (χ4v) is 1.71. The number of carbonyl (C=O) groups is 1. The van der Waals surface area contributed by atoms with Crippen LogP contribution < -0.4 is 5.73 Å². The summed E-state index contributed by atoms with van der Waals surface area (Å²) in [6, 6.07) is 1.91. The van der Waals surface area contributed by atoms with Crippen molar-refractivity contribution in [3.05, 3.63) is 23.7 Å². The highest BCUT2D eigenvalue weighted by molar-refractivity contribution is 5.78. The first-order valence-corrected chi connectivity index (χ1v) is 4.83. The van der Waals surface area contributed by atoms with E-state index in [4.69, 9.17) is 10.2 Å². The number of hydrogen-bond donors (Lipinski definition) is 1. The molecule has 1 aromatic heterocycles. The lowest BCUT2D eigenvalue weighted by Gasteiger charge is -2.13. The molecule has 1 aromatic rings. The van der Waals surface area contributed by atoms with E-state index in [1.54, 1.807) is 6.26 Å². The summed E-state index contributed by atoms with van der Waals surface area (Å²) in [6.07, 6.45) is 3.33. The van der Waals surface area contributed by atoms with Crippen LogP contribution in [0.1, 0.15) is 24.2 Å². The van der Waals surface area contributed by atoms with Crippen LogP contribution in [0, 0.1) is 0 Å². The van der Waals surface area contributed by atoms with Gasteiger partial charge in [0.15, 0.2) is 0 Å². The predicted octanol–water partition coefficient (Wildman–Crippen LogP) is 0.861. The Balaban J connectivity index is 1.99. The van der Waals surface area contributed by atoms with Gasteiger partial charge in [-0.2, -0.15) is 0 Å². The van der Waals surface area contributed by atoms with E-state index < -0.39 is 0 Å². The number of nitrogens with two attached hydrogens (primary N) is 1. The van der Waals surface area contributed by atoms with Crippen molar-refractivity contribution in [1.29, 1.82) is 0 Å². The molecule has 1 amide bonds. The molecule has 1 aliphatic heterocycles. The van der Waals surface area contributed by atoms with Gasteiger partial charge in [-0.1, -0.05) is 0 Å². The monoisotopic (exact) mass is 194 g/mol. The zero-order chi connectivity index (χ0) is 9.97. The highest BCUT2D eigenvalue weighted by atomic mass is 16.3. The van der Waals surface area contributed by atoms with Gasteiger partial charge >= 0.3 is 0 Å². The van der Waals surface area contributed by atoms with Gasteiger partial charge in [0.25, 0.3) is 0 Å². The van der Waals surface area contributed by atoms with Crippen molar-refractivity contribution in [2.24, 2.45) is 5.73 Å². The zero-order valence-electron chi connectivity index (χ0n) is 8.03. The van der Waals surface area contributed by atoms with E-state index in [9.17, 15) is 4.79 Å². The second-order valence-corrected chi connectivity index (χ2v) is 3.54. The normalized spacial score (nSPS) is 16.6. The minimum Gasteiger partial charge on any atom is -0.468 e. The Kier molecular flexibility index (Phi) is 2.54. The SMILES string of the molecule is NCc1cc(CN2CCCC2=O)co1. The number of carbonyl (C=O) groups excluding carboxylic acids is 1. The van der Waals surface area contributed by atoms with Crippen LogP contribution in [0.25, 0.3) is 0 Å². The van der Waals surface area contributed by atoms with E-state index in [2.05, 4.69) is 0 Å². The Morgan fingerprint density at radius 1 is 1.57 bits per heavy atom. The maximum absolute atomic E-state index is 11.3. The van der Waals surface area contributed by atoms with Crippen LogP contribution in [-0.2, 0) is 17.9 Å². The van der Waals surface area contributed by atoms with E-state index in [1.807, 2.05) is 11.0 Å². The van der Waals surface area contributed by atoms with Gasteiger partial charge in [0.2, 0.25) is 5.91 Å². The van der Waals surface area contributed by atoms with Crippen molar-refractivity contribution in [1.82, 2.24) is 4.90 Å². The highest BCUT2D eigenvalue weighted by Gasteiger charge is 2.20. The molecule has 0 radical (unpaired) electrons. The maximum Gasteiger partial charge on any atom is 0.222 e. The smallest absolute Gasteiger partial charge is 0.222 e. The Morgan fingerprint density at radius 2 is 2.43 bits per heavy atom. The summed E-state index contributed by atoms with van der Waals surface area (Å²) >= 11 is 0. The Labute approximate surface area is 82.7 Å². The molecule has 1 aliphatic rings. The van der Waals surface area contributed by atoms with Crippen LogP contribution in [0.4, 0.5) is 0 Å². The molecule has 2 N–H and O–H groups in total.